The molecule has 2 aromatic rings. The van der Waals surface area contributed by atoms with Crippen LogP contribution in [0.1, 0.15) is 19.4 Å². The zero-order valence-corrected chi connectivity index (χ0v) is 19.1. The Morgan fingerprint density at radius 3 is 2.42 bits per heavy atom. The van der Waals surface area contributed by atoms with Gasteiger partial charge in [-0.25, -0.2) is 13.2 Å². The zero-order chi connectivity index (χ0) is 23.8. The average Bonchev–Trinajstić information content (AvgIpc) is 3.06. The van der Waals surface area contributed by atoms with Gasteiger partial charge in [0.15, 0.2) is 6.61 Å². The lowest BCUT2D eigenvalue weighted by atomic mass is 10.2. The fourth-order valence-electron chi connectivity index (χ4n) is 2.94. The van der Waals surface area contributed by atoms with Gasteiger partial charge in [-0.1, -0.05) is 12.1 Å². The lowest BCUT2D eigenvalue weighted by Gasteiger charge is -2.10. The van der Waals surface area contributed by atoms with Crippen LogP contribution < -0.4 is 19.5 Å². The number of carbonyl (C=O) groups excluding carboxylic acids is 2. The molecule has 1 heterocycles. The van der Waals surface area contributed by atoms with Gasteiger partial charge < -0.3 is 19.5 Å². The number of esters is 1. The molecule has 0 spiro atoms. The van der Waals surface area contributed by atoms with E-state index in [-0.39, 0.29) is 23.9 Å². The lowest BCUT2D eigenvalue weighted by molar-refractivity contribution is -0.149. The highest BCUT2D eigenvalue weighted by Gasteiger charge is 2.31. The van der Waals surface area contributed by atoms with Crippen molar-refractivity contribution in [1.82, 2.24) is 10.0 Å². The van der Waals surface area contributed by atoms with Crippen LogP contribution in [0.15, 0.2) is 58.4 Å². The molecule has 1 atom stereocenters. The van der Waals surface area contributed by atoms with Crippen molar-refractivity contribution in [1.29, 1.82) is 0 Å². The molecule has 0 unspecified atom stereocenters. The average molecular weight is 476 g/mol. The first-order valence-corrected chi connectivity index (χ1v) is 11.8. The van der Waals surface area contributed by atoms with Crippen LogP contribution in [0.2, 0.25) is 0 Å². The number of fused-ring (bicyclic) bond motifs is 1. The van der Waals surface area contributed by atoms with E-state index in [9.17, 15) is 18.0 Å². The minimum Gasteiger partial charge on any atom is -0.494 e. The van der Waals surface area contributed by atoms with Crippen LogP contribution >= 0.6 is 0 Å². The molecule has 2 N–H and O–H groups in total. The molecule has 1 amide bonds. The van der Waals surface area contributed by atoms with Crippen LogP contribution in [-0.4, -0.2) is 58.5 Å². The van der Waals surface area contributed by atoms with Gasteiger partial charge >= 0.3 is 5.97 Å². The van der Waals surface area contributed by atoms with E-state index in [0.717, 1.165) is 5.75 Å². The third-order valence-corrected chi connectivity index (χ3v) is 5.90. The number of amidine groups is 1. The third-order valence-electron chi connectivity index (χ3n) is 4.50. The number of benzene rings is 2. The van der Waals surface area contributed by atoms with Crippen molar-refractivity contribution >= 4 is 27.7 Å². The number of hydrogen-bond donors (Lipinski definition) is 2. The van der Waals surface area contributed by atoms with Crippen molar-refractivity contribution in [2.75, 3.05) is 26.4 Å². The molecule has 1 aliphatic heterocycles. The Labute approximate surface area is 192 Å². The van der Waals surface area contributed by atoms with Gasteiger partial charge in [-0.3, -0.25) is 14.5 Å². The van der Waals surface area contributed by atoms with E-state index >= 15 is 0 Å². The number of amides is 1. The summed E-state index contributed by atoms with van der Waals surface area (Å²) < 4.78 is 42.4. The second kappa shape index (κ2) is 10.8. The first kappa shape index (κ1) is 24.1. The number of rotatable bonds is 10. The van der Waals surface area contributed by atoms with Crippen LogP contribution in [0, 0.1) is 0 Å². The molecular formula is C22H25N3O7S. The number of hydrogen-bond acceptors (Lipinski definition) is 8. The molecular weight excluding hydrogens is 450 g/mol. The molecule has 3 rings (SSSR count). The van der Waals surface area contributed by atoms with Crippen molar-refractivity contribution in [2.45, 2.75) is 24.8 Å². The maximum absolute atomic E-state index is 12.2. The fraction of sp³-hybridized carbons (Fsp3) is 0.318. The van der Waals surface area contributed by atoms with Gasteiger partial charge in [-0.15, -0.1) is 0 Å². The molecule has 33 heavy (non-hydrogen) atoms. The van der Waals surface area contributed by atoms with Crippen LogP contribution in [0.4, 0.5) is 0 Å². The van der Waals surface area contributed by atoms with Gasteiger partial charge in [0.05, 0.1) is 18.0 Å². The molecule has 0 radical (unpaired) electrons. The van der Waals surface area contributed by atoms with Gasteiger partial charge in [0.2, 0.25) is 0 Å². The Balaban J connectivity index is 1.40. The van der Waals surface area contributed by atoms with E-state index in [1.165, 1.54) is 13.0 Å². The maximum Gasteiger partial charge on any atom is 0.331 e. The number of nitrogens with zero attached hydrogens (tertiary/aromatic N) is 1. The quantitative estimate of drug-likeness (QED) is 0.390. The van der Waals surface area contributed by atoms with Crippen molar-refractivity contribution in [2.24, 2.45) is 4.99 Å². The minimum atomic E-state index is -3.70. The van der Waals surface area contributed by atoms with E-state index in [1.54, 1.807) is 42.5 Å². The number of sulfonamides is 1. The first-order chi connectivity index (χ1) is 15.8. The van der Waals surface area contributed by atoms with Crippen LogP contribution in [0.25, 0.3) is 0 Å². The molecule has 11 heteroatoms. The molecule has 0 aliphatic carbocycles. The largest absolute Gasteiger partial charge is 0.494 e. The summed E-state index contributed by atoms with van der Waals surface area (Å²) in [6.45, 7) is 3.90. The highest BCUT2D eigenvalue weighted by Crippen LogP contribution is 2.22. The summed E-state index contributed by atoms with van der Waals surface area (Å²) in [5.74, 6) is 0.188. The Kier molecular flexibility index (Phi) is 7.88. The normalized spacial score (nSPS) is 15.8. The molecule has 0 fully saturated rings. The van der Waals surface area contributed by atoms with E-state index in [2.05, 4.69) is 15.0 Å². The summed E-state index contributed by atoms with van der Waals surface area (Å²) in [6, 6.07) is 12.4. The summed E-state index contributed by atoms with van der Waals surface area (Å²) in [5.41, 5.74) is 0.377. The zero-order valence-electron chi connectivity index (χ0n) is 18.2. The topological polar surface area (TPSA) is 132 Å². The second-order valence-corrected chi connectivity index (χ2v) is 8.62. The number of aliphatic imine (C=N–C) groups is 1. The number of carbonyl (C=O) groups is 2. The van der Waals surface area contributed by atoms with E-state index in [4.69, 9.17) is 14.2 Å². The molecule has 1 aliphatic rings. The molecule has 0 bridgehead atoms. The maximum atomic E-state index is 12.2. The highest BCUT2D eigenvalue weighted by atomic mass is 32.2. The lowest BCUT2D eigenvalue weighted by Crippen LogP contribution is -2.33. The van der Waals surface area contributed by atoms with E-state index in [1.807, 2.05) is 6.92 Å². The molecule has 2 aromatic carbocycles. The van der Waals surface area contributed by atoms with Gasteiger partial charge in [0, 0.05) is 5.56 Å². The summed E-state index contributed by atoms with van der Waals surface area (Å²) in [5, 5.41) is 2.58. The summed E-state index contributed by atoms with van der Waals surface area (Å²) >= 11 is 0. The Morgan fingerprint density at radius 2 is 1.73 bits per heavy atom. The fourth-order valence-corrected chi connectivity index (χ4v) is 4.18. The van der Waals surface area contributed by atoms with E-state index < -0.39 is 34.5 Å². The summed E-state index contributed by atoms with van der Waals surface area (Å²) in [7, 11) is -3.70. The summed E-state index contributed by atoms with van der Waals surface area (Å²) in [6.07, 6.45) is 0. The number of nitrogens with one attached hydrogen (secondary N) is 2. The highest BCUT2D eigenvalue weighted by molar-refractivity contribution is 7.90. The van der Waals surface area contributed by atoms with Gasteiger partial charge in [0.25, 0.3) is 15.9 Å². The SMILES string of the molecule is CCOc1ccc(OCCNC(=O)COC(=O)[C@H](C)N=C2NS(=O)(=O)c3ccccc32)cc1. The Morgan fingerprint density at radius 1 is 1.06 bits per heavy atom. The van der Waals surface area contributed by atoms with Gasteiger partial charge in [0.1, 0.15) is 30.0 Å². The van der Waals surface area contributed by atoms with Crippen LogP contribution in [-0.2, 0) is 24.3 Å². The second-order valence-electron chi connectivity index (χ2n) is 6.97. The monoisotopic (exact) mass is 475 g/mol. The summed E-state index contributed by atoms with van der Waals surface area (Å²) in [4.78, 5) is 28.3. The van der Waals surface area contributed by atoms with Gasteiger partial charge in [-0.2, -0.15) is 0 Å². The first-order valence-electron chi connectivity index (χ1n) is 10.3. The smallest absolute Gasteiger partial charge is 0.331 e. The Hall–Kier alpha value is -3.60. The van der Waals surface area contributed by atoms with Crippen molar-refractivity contribution in [3.63, 3.8) is 0 Å². The van der Waals surface area contributed by atoms with Crippen LogP contribution in [0.5, 0.6) is 11.5 Å². The standard InChI is InChI=1S/C22H25N3O7S/c1-3-30-16-8-10-17(11-9-16)31-13-12-23-20(26)14-32-22(27)15(2)24-21-18-6-4-5-7-19(18)33(28,29)25-21/h4-11,15H,3,12-14H2,1-2H3,(H,23,26)(H,24,25)/t15-/m0/s1. The Bertz CT molecular complexity index is 1130. The molecule has 0 saturated carbocycles. The molecule has 0 aromatic heterocycles. The van der Waals surface area contributed by atoms with Crippen molar-refractivity contribution < 1.29 is 32.2 Å². The number of ether oxygens (including phenoxy) is 3. The van der Waals surface area contributed by atoms with Crippen LogP contribution in [0.3, 0.4) is 0 Å². The molecule has 10 nitrogen and oxygen atoms in total. The van der Waals surface area contributed by atoms with Crippen molar-refractivity contribution in [3.05, 3.63) is 54.1 Å². The molecule has 0 saturated heterocycles. The van der Waals surface area contributed by atoms with E-state index in [0.29, 0.717) is 17.9 Å². The van der Waals surface area contributed by atoms with Gasteiger partial charge in [-0.05, 0) is 50.2 Å². The minimum absolute atomic E-state index is 0.0611. The predicted octanol–water partition coefficient (Wildman–Crippen LogP) is 1.25. The molecule has 176 valence electrons. The van der Waals surface area contributed by atoms with Crippen molar-refractivity contribution in [3.8, 4) is 11.5 Å². The third kappa shape index (κ3) is 6.45. The predicted molar refractivity (Wildman–Crippen MR) is 120 cm³/mol.